The monoisotopic (exact) mass is 363 g/mol. The summed E-state index contributed by atoms with van der Waals surface area (Å²) in [5.74, 6) is 0.627. The Morgan fingerprint density at radius 2 is 2.12 bits per heavy atom. The molecule has 6 nitrogen and oxygen atoms in total. The van der Waals surface area contributed by atoms with Gasteiger partial charge in [-0.2, -0.15) is 0 Å². The van der Waals surface area contributed by atoms with Crippen LogP contribution in [0.2, 0.25) is 0 Å². The lowest BCUT2D eigenvalue weighted by molar-refractivity contribution is -0.119. The third-order valence-corrected chi connectivity index (χ3v) is 4.85. The SMILES string of the molecule is CN=C(NCC(c1ccc(F)cc1)N(C)C)N1CCCC(CC(N)=O)C1. The molecule has 0 aromatic heterocycles. The molecule has 26 heavy (non-hydrogen) atoms. The van der Waals surface area contributed by atoms with E-state index < -0.39 is 0 Å². The number of nitrogens with zero attached hydrogens (tertiary/aromatic N) is 3. The smallest absolute Gasteiger partial charge is 0.217 e. The van der Waals surface area contributed by atoms with Crippen molar-refractivity contribution in [3.63, 3.8) is 0 Å². The lowest BCUT2D eigenvalue weighted by Crippen LogP contribution is -2.48. The molecule has 1 aliphatic rings. The zero-order valence-corrected chi connectivity index (χ0v) is 15.9. The first-order valence-electron chi connectivity index (χ1n) is 9.06. The molecule has 1 aromatic carbocycles. The van der Waals surface area contributed by atoms with Gasteiger partial charge in [0.05, 0.1) is 6.04 Å². The van der Waals surface area contributed by atoms with Crippen LogP contribution in [0, 0.1) is 11.7 Å². The van der Waals surface area contributed by atoms with Crippen LogP contribution in [0.25, 0.3) is 0 Å². The third kappa shape index (κ3) is 5.69. The molecule has 0 spiro atoms. The number of rotatable bonds is 6. The van der Waals surface area contributed by atoms with E-state index in [0.717, 1.165) is 37.5 Å². The van der Waals surface area contributed by atoms with E-state index >= 15 is 0 Å². The van der Waals surface area contributed by atoms with Crippen LogP contribution in [-0.2, 0) is 4.79 Å². The summed E-state index contributed by atoms with van der Waals surface area (Å²) in [4.78, 5) is 19.9. The number of halogens is 1. The molecule has 1 aliphatic heterocycles. The Morgan fingerprint density at radius 3 is 2.69 bits per heavy atom. The number of guanidine groups is 1. The lowest BCUT2D eigenvalue weighted by Gasteiger charge is -2.35. The van der Waals surface area contributed by atoms with Gasteiger partial charge in [0.15, 0.2) is 5.96 Å². The van der Waals surface area contributed by atoms with E-state index in [-0.39, 0.29) is 23.7 Å². The van der Waals surface area contributed by atoms with Crippen LogP contribution >= 0.6 is 0 Å². The van der Waals surface area contributed by atoms with Gasteiger partial charge in [-0.05, 0) is 50.6 Å². The largest absolute Gasteiger partial charge is 0.370 e. The minimum absolute atomic E-state index is 0.0959. The van der Waals surface area contributed by atoms with Crippen molar-refractivity contribution in [2.45, 2.75) is 25.3 Å². The van der Waals surface area contributed by atoms with Gasteiger partial charge in [0.2, 0.25) is 5.91 Å². The highest BCUT2D eigenvalue weighted by Crippen LogP contribution is 2.21. The number of benzene rings is 1. The van der Waals surface area contributed by atoms with Gasteiger partial charge >= 0.3 is 0 Å². The van der Waals surface area contributed by atoms with Crippen molar-refractivity contribution in [1.82, 2.24) is 15.1 Å². The fourth-order valence-corrected chi connectivity index (χ4v) is 3.51. The second kappa shape index (κ2) is 9.52. The molecule has 0 radical (unpaired) electrons. The van der Waals surface area contributed by atoms with E-state index in [9.17, 15) is 9.18 Å². The van der Waals surface area contributed by atoms with E-state index in [1.807, 2.05) is 26.2 Å². The van der Waals surface area contributed by atoms with Crippen molar-refractivity contribution in [2.75, 3.05) is 40.8 Å². The second-order valence-corrected chi connectivity index (χ2v) is 7.08. The Bertz CT molecular complexity index is 617. The molecule has 1 amide bonds. The molecule has 0 aliphatic carbocycles. The number of carbonyl (C=O) groups excluding carboxylic acids is 1. The molecule has 144 valence electrons. The normalized spacial score (nSPS) is 19.5. The van der Waals surface area contributed by atoms with Gasteiger partial charge in [0.25, 0.3) is 0 Å². The molecule has 0 bridgehead atoms. The Morgan fingerprint density at radius 1 is 1.42 bits per heavy atom. The number of piperidine rings is 1. The zero-order valence-electron chi connectivity index (χ0n) is 15.9. The van der Waals surface area contributed by atoms with Crippen molar-refractivity contribution in [2.24, 2.45) is 16.6 Å². The number of primary amides is 1. The number of nitrogens with two attached hydrogens (primary N) is 1. The first kappa shape index (κ1) is 20.2. The summed E-state index contributed by atoms with van der Waals surface area (Å²) in [5.41, 5.74) is 6.39. The van der Waals surface area contributed by atoms with Crippen molar-refractivity contribution < 1.29 is 9.18 Å². The fourth-order valence-electron chi connectivity index (χ4n) is 3.51. The Labute approximate surface area is 155 Å². The molecule has 1 heterocycles. The lowest BCUT2D eigenvalue weighted by atomic mass is 9.95. The molecular formula is C19H30FN5O. The van der Waals surface area contributed by atoms with Crippen molar-refractivity contribution in [3.8, 4) is 0 Å². The van der Waals surface area contributed by atoms with Gasteiger partial charge < -0.3 is 20.9 Å². The third-order valence-electron chi connectivity index (χ3n) is 4.85. The van der Waals surface area contributed by atoms with Crippen molar-refractivity contribution >= 4 is 11.9 Å². The van der Waals surface area contributed by atoms with Crippen LogP contribution in [0.5, 0.6) is 0 Å². The van der Waals surface area contributed by atoms with Crippen LogP contribution in [0.4, 0.5) is 4.39 Å². The maximum absolute atomic E-state index is 13.2. The van der Waals surface area contributed by atoms with E-state index in [0.29, 0.717) is 13.0 Å². The van der Waals surface area contributed by atoms with Gasteiger partial charge in [0.1, 0.15) is 5.82 Å². The van der Waals surface area contributed by atoms with Gasteiger partial charge in [-0.25, -0.2) is 4.39 Å². The maximum atomic E-state index is 13.2. The summed E-state index contributed by atoms with van der Waals surface area (Å²) in [5, 5.41) is 3.43. The van der Waals surface area contributed by atoms with Crippen molar-refractivity contribution in [3.05, 3.63) is 35.6 Å². The molecule has 1 saturated heterocycles. The number of amides is 1. The van der Waals surface area contributed by atoms with Crippen LogP contribution in [0.3, 0.4) is 0 Å². The number of aliphatic imine (C=N–C) groups is 1. The Kier molecular flexibility index (Phi) is 7.38. The van der Waals surface area contributed by atoms with E-state index in [1.165, 1.54) is 12.1 Å². The number of likely N-dealkylation sites (N-methyl/N-ethyl adjacent to an activating group) is 1. The summed E-state index contributed by atoms with van der Waals surface area (Å²) < 4.78 is 13.2. The van der Waals surface area contributed by atoms with Crippen LogP contribution < -0.4 is 11.1 Å². The first-order valence-corrected chi connectivity index (χ1v) is 9.06. The predicted octanol–water partition coefficient (Wildman–Crippen LogP) is 1.59. The minimum Gasteiger partial charge on any atom is -0.370 e. The summed E-state index contributed by atoms with van der Waals surface area (Å²) in [6.07, 6.45) is 2.46. The number of carbonyl (C=O) groups is 1. The van der Waals surface area contributed by atoms with Crippen LogP contribution in [0.1, 0.15) is 30.9 Å². The summed E-state index contributed by atoms with van der Waals surface area (Å²) in [7, 11) is 5.77. The maximum Gasteiger partial charge on any atom is 0.217 e. The van der Waals surface area contributed by atoms with E-state index in [1.54, 1.807) is 7.05 Å². The van der Waals surface area contributed by atoms with Crippen LogP contribution in [0.15, 0.2) is 29.3 Å². The molecule has 0 saturated carbocycles. The molecule has 1 fully saturated rings. The van der Waals surface area contributed by atoms with Crippen molar-refractivity contribution in [1.29, 1.82) is 0 Å². The van der Waals surface area contributed by atoms with E-state index in [4.69, 9.17) is 5.73 Å². The summed E-state index contributed by atoms with van der Waals surface area (Å²) in [6.45, 7) is 2.35. The minimum atomic E-state index is -0.247. The summed E-state index contributed by atoms with van der Waals surface area (Å²) >= 11 is 0. The highest BCUT2D eigenvalue weighted by molar-refractivity contribution is 5.80. The van der Waals surface area contributed by atoms with Crippen LogP contribution in [-0.4, -0.2) is 62.4 Å². The first-order chi connectivity index (χ1) is 12.4. The molecule has 7 heteroatoms. The highest BCUT2D eigenvalue weighted by Gasteiger charge is 2.24. The van der Waals surface area contributed by atoms with E-state index in [2.05, 4.69) is 20.1 Å². The second-order valence-electron chi connectivity index (χ2n) is 7.08. The highest BCUT2D eigenvalue weighted by atomic mass is 19.1. The average molecular weight is 363 g/mol. The topological polar surface area (TPSA) is 74.0 Å². The Balaban J connectivity index is 1.99. The molecule has 2 rings (SSSR count). The molecule has 2 unspecified atom stereocenters. The molecule has 1 aromatic rings. The number of hydrogen-bond acceptors (Lipinski definition) is 3. The van der Waals surface area contributed by atoms with Gasteiger partial charge in [-0.15, -0.1) is 0 Å². The van der Waals surface area contributed by atoms with Gasteiger partial charge in [-0.1, -0.05) is 12.1 Å². The van der Waals surface area contributed by atoms with Gasteiger partial charge in [0, 0.05) is 33.1 Å². The number of likely N-dealkylation sites (tertiary alicyclic amines) is 1. The number of nitrogens with one attached hydrogen (secondary N) is 1. The quantitative estimate of drug-likeness (QED) is 0.595. The number of hydrogen-bond donors (Lipinski definition) is 2. The zero-order chi connectivity index (χ0) is 19.1. The molecule has 3 N–H and O–H groups in total. The fraction of sp³-hybridized carbons (Fsp3) is 0.579. The van der Waals surface area contributed by atoms with Gasteiger partial charge in [-0.3, -0.25) is 9.79 Å². The standard InChI is InChI=1S/C19H30FN5O/c1-22-19(25-10-4-5-14(13-25)11-18(21)26)23-12-17(24(2)3)15-6-8-16(20)9-7-15/h6-9,14,17H,4-5,10-13H2,1-3H3,(H2,21,26)(H,22,23). The Hall–Kier alpha value is -2.15. The summed E-state index contributed by atoms with van der Waals surface area (Å²) in [6, 6.07) is 6.69. The molecular weight excluding hydrogens is 333 g/mol. The average Bonchev–Trinajstić information content (AvgIpc) is 2.59. The molecule has 2 atom stereocenters. The predicted molar refractivity (Wildman–Crippen MR) is 102 cm³/mol.